The van der Waals surface area contributed by atoms with Crippen LogP contribution in [0.15, 0.2) is 10.7 Å². The molecule has 1 aromatic rings. The number of nitro groups is 1. The van der Waals surface area contributed by atoms with Crippen molar-refractivity contribution in [3.05, 3.63) is 26.3 Å². The van der Waals surface area contributed by atoms with Gasteiger partial charge in [0.1, 0.15) is 18.9 Å². The third-order valence-corrected chi connectivity index (χ3v) is 3.75. The summed E-state index contributed by atoms with van der Waals surface area (Å²) in [5.74, 6) is 0.345. The Balaban J connectivity index is 2.04. The number of hydrogen-bond donors (Lipinski definition) is 1. The predicted molar refractivity (Wildman–Crippen MR) is 71.4 cm³/mol. The molecule has 0 bridgehead atoms. The number of hydrogen-bond acceptors (Lipinski definition) is 6. The van der Waals surface area contributed by atoms with E-state index in [1.165, 1.54) is 6.20 Å². The second kappa shape index (κ2) is 6.27. The molecular formula is C11H14BrN3O4. The molecule has 1 atom stereocenters. The molecule has 0 aromatic carbocycles. The monoisotopic (exact) mass is 331 g/mol. The maximum absolute atomic E-state index is 10.8. The lowest BCUT2D eigenvalue weighted by molar-refractivity contribution is -0.385. The zero-order chi connectivity index (χ0) is 13.8. The fourth-order valence-electron chi connectivity index (χ4n) is 1.73. The van der Waals surface area contributed by atoms with Gasteiger partial charge < -0.3 is 14.8 Å². The van der Waals surface area contributed by atoms with E-state index in [1.54, 1.807) is 6.92 Å². The van der Waals surface area contributed by atoms with Gasteiger partial charge >= 0.3 is 0 Å². The van der Waals surface area contributed by atoms with E-state index in [0.29, 0.717) is 29.1 Å². The number of ether oxygens (including phenoxy) is 2. The van der Waals surface area contributed by atoms with Gasteiger partial charge in [0.05, 0.1) is 16.0 Å². The van der Waals surface area contributed by atoms with Crippen molar-refractivity contribution in [2.24, 2.45) is 0 Å². The van der Waals surface area contributed by atoms with Crippen molar-refractivity contribution in [3.63, 3.8) is 0 Å². The molecule has 2 heterocycles. The number of halogens is 1. The minimum atomic E-state index is -0.467. The van der Waals surface area contributed by atoms with Crippen LogP contribution in [-0.2, 0) is 4.74 Å². The molecule has 2 rings (SSSR count). The molecule has 1 aliphatic rings. The highest BCUT2D eigenvalue weighted by Crippen LogP contribution is 2.32. The molecule has 1 fully saturated rings. The highest BCUT2D eigenvalue weighted by Gasteiger charge is 2.20. The van der Waals surface area contributed by atoms with Crippen LogP contribution >= 0.6 is 15.9 Å². The molecular weight excluding hydrogens is 318 g/mol. The van der Waals surface area contributed by atoms with Crippen molar-refractivity contribution in [2.75, 3.05) is 26.3 Å². The second-order valence-electron chi connectivity index (χ2n) is 4.15. The van der Waals surface area contributed by atoms with Gasteiger partial charge in [-0.15, -0.1) is 0 Å². The van der Waals surface area contributed by atoms with E-state index in [4.69, 9.17) is 9.47 Å². The molecule has 19 heavy (non-hydrogen) atoms. The maximum Gasteiger partial charge on any atom is 0.291 e. The molecule has 104 valence electrons. The number of nitrogens with zero attached hydrogens (tertiary/aromatic N) is 2. The molecule has 1 saturated heterocycles. The summed E-state index contributed by atoms with van der Waals surface area (Å²) in [5, 5.41) is 14.0. The fraction of sp³-hybridized carbons (Fsp3) is 0.545. The first-order valence-corrected chi connectivity index (χ1v) is 6.63. The molecule has 1 aliphatic heterocycles. The number of pyridine rings is 1. The van der Waals surface area contributed by atoms with Crippen LogP contribution in [0, 0.1) is 17.0 Å². The van der Waals surface area contributed by atoms with Crippen LogP contribution in [0.1, 0.15) is 5.56 Å². The van der Waals surface area contributed by atoms with Crippen molar-refractivity contribution in [2.45, 2.75) is 13.0 Å². The topological polar surface area (TPSA) is 86.5 Å². The third-order valence-electron chi connectivity index (χ3n) is 2.81. The minimum Gasteiger partial charge on any atom is -0.474 e. The van der Waals surface area contributed by atoms with Gasteiger partial charge in [0.25, 0.3) is 5.69 Å². The Labute approximate surface area is 118 Å². The Morgan fingerprint density at radius 1 is 1.74 bits per heavy atom. The minimum absolute atomic E-state index is 0.0297. The van der Waals surface area contributed by atoms with E-state index in [9.17, 15) is 10.1 Å². The SMILES string of the molecule is Cc1c([N+](=O)[O-])cnc(OCC2CNCCO2)c1Br. The van der Waals surface area contributed by atoms with Crippen molar-refractivity contribution in [3.8, 4) is 5.88 Å². The van der Waals surface area contributed by atoms with Crippen molar-refractivity contribution >= 4 is 21.6 Å². The van der Waals surface area contributed by atoms with Gasteiger partial charge in [-0.3, -0.25) is 10.1 Å². The number of rotatable bonds is 4. The van der Waals surface area contributed by atoms with Crippen LogP contribution in [0.4, 0.5) is 5.69 Å². The molecule has 8 heteroatoms. The van der Waals surface area contributed by atoms with Gasteiger partial charge in [-0.1, -0.05) is 0 Å². The molecule has 0 spiro atoms. The first-order valence-electron chi connectivity index (χ1n) is 5.84. The number of morpholine rings is 1. The second-order valence-corrected chi connectivity index (χ2v) is 4.95. The highest BCUT2D eigenvalue weighted by atomic mass is 79.9. The quantitative estimate of drug-likeness (QED) is 0.663. The maximum atomic E-state index is 10.8. The molecule has 0 saturated carbocycles. The van der Waals surface area contributed by atoms with Crippen LogP contribution < -0.4 is 10.1 Å². The van der Waals surface area contributed by atoms with Gasteiger partial charge in [-0.25, -0.2) is 4.98 Å². The van der Waals surface area contributed by atoms with E-state index in [0.717, 1.165) is 13.1 Å². The predicted octanol–water partition coefficient (Wildman–Crippen LogP) is 1.43. The molecule has 0 amide bonds. The van der Waals surface area contributed by atoms with Gasteiger partial charge in [0, 0.05) is 18.7 Å². The lowest BCUT2D eigenvalue weighted by Crippen LogP contribution is -2.41. The Bertz CT molecular complexity index is 477. The molecule has 1 unspecified atom stereocenters. The first-order chi connectivity index (χ1) is 9.09. The summed E-state index contributed by atoms with van der Waals surface area (Å²) in [7, 11) is 0. The first kappa shape index (κ1) is 14.2. The average molecular weight is 332 g/mol. The van der Waals surface area contributed by atoms with Crippen LogP contribution in [0.3, 0.4) is 0 Å². The van der Waals surface area contributed by atoms with Crippen molar-refractivity contribution < 1.29 is 14.4 Å². The summed E-state index contributed by atoms with van der Waals surface area (Å²) < 4.78 is 11.5. The third kappa shape index (κ3) is 3.40. The summed E-state index contributed by atoms with van der Waals surface area (Å²) in [6.45, 7) is 4.23. The van der Waals surface area contributed by atoms with Crippen LogP contribution in [-0.4, -0.2) is 42.3 Å². The summed E-state index contributed by atoms with van der Waals surface area (Å²) in [4.78, 5) is 14.3. The van der Waals surface area contributed by atoms with E-state index in [2.05, 4.69) is 26.2 Å². The zero-order valence-corrected chi connectivity index (χ0v) is 12.0. The zero-order valence-electron chi connectivity index (χ0n) is 10.4. The van der Waals surface area contributed by atoms with Crippen LogP contribution in [0.2, 0.25) is 0 Å². The normalized spacial score (nSPS) is 19.2. The molecule has 1 aromatic heterocycles. The Morgan fingerprint density at radius 2 is 2.53 bits per heavy atom. The smallest absolute Gasteiger partial charge is 0.291 e. The van der Waals surface area contributed by atoms with Crippen LogP contribution in [0.5, 0.6) is 5.88 Å². The summed E-state index contributed by atoms with van der Waals surface area (Å²) in [5.41, 5.74) is 0.465. The fourth-order valence-corrected chi connectivity index (χ4v) is 2.15. The highest BCUT2D eigenvalue weighted by molar-refractivity contribution is 9.10. The summed E-state index contributed by atoms with van der Waals surface area (Å²) in [6.07, 6.45) is 1.17. The lowest BCUT2D eigenvalue weighted by atomic mass is 10.2. The Hall–Kier alpha value is -1.25. The van der Waals surface area contributed by atoms with E-state index >= 15 is 0 Å². The van der Waals surface area contributed by atoms with E-state index < -0.39 is 4.92 Å². The lowest BCUT2D eigenvalue weighted by Gasteiger charge is -2.23. The van der Waals surface area contributed by atoms with Gasteiger partial charge in [-0.05, 0) is 22.9 Å². The molecule has 0 radical (unpaired) electrons. The molecule has 0 aliphatic carbocycles. The van der Waals surface area contributed by atoms with Crippen molar-refractivity contribution in [1.82, 2.24) is 10.3 Å². The summed E-state index contributed by atoms with van der Waals surface area (Å²) >= 11 is 3.28. The van der Waals surface area contributed by atoms with Gasteiger partial charge in [0.15, 0.2) is 0 Å². The van der Waals surface area contributed by atoms with E-state index in [1.807, 2.05) is 0 Å². The number of nitrogens with one attached hydrogen (secondary N) is 1. The van der Waals surface area contributed by atoms with E-state index in [-0.39, 0.29) is 11.8 Å². The van der Waals surface area contributed by atoms with Crippen molar-refractivity contribution in [1.29, 1.82) is 0 Å². The van der Waals surface area contributed by atoms with Gasteiger partial charge in [0.2, 0.25) is 5.88 Å². The number of aromatic nitrogens is 1. The van der Waals surface area contributed by atoms with Gasteiger partial charge in [-0.2, -0.15) is 0 Å². The standard InChI is InChI=1S/C11H14BrN3O4/c1-7-9(15(16)17)5-14-11(10(7)12)19-6-8-4-13-2-3-18-8/h5,8,13H,2-4,6H2,1H3. The molecule has 7 nitrogen and oxygen atoms in total. The summed E-state index contributed by atoms with van der Waals surface area (Å²) in [6, 6.07) is 0. The average Bonchev–Trinajstić information content (AvgIpc) is 2.41. The molecule has 1 N–H and O–H groups in total. The Kier molecular flexibility index (Phi) is 4.67. The Morgan fingerprint density at radius 3 is 3.16 bits per heavy atom. The van der Waals surface area contributed by atoms with Crippen LogP contribution in [0.25, 0.3) is 0 Å². The largest absolute Gasteiger partial charge is 0.474 e.